The molecule has 1 fully saturated rings. The van der Waals surface area contributed by atoms with Gasteiger partial charge in [0.05, 0.1) is 17.7 Å². The molecule has 0 aromatic carbocycles. The summed E-state index contributed by atoms with van der Waals surface area (Å²) in [5, 5.41) is 8.65. The van der Waals surface area contributed by atoms with E-state index in [0.29, 0.717) is 10.2 Å². The highest BCUT2D eigenvalue weighted by Gasteiger charge is 2.36. The van der Waals surface area contributed by atoms with Gasteiger partial charge in [-0.05, 0) is 22.0 Å². The third-order valence-corrected chi connectivity index (χ3v) is 2.98. The number of halogens is 1. The average molecular weight is 274 g/mol. The van der Waals surface area contributed by atoms with E-state index in [1.165, 1.54) is 11.2 Å². The van der Waals surface area contributed by atoms with Crippen molar-refractivity contribution in [3.05, 3.63) is 22.6 Å². The first-order valence-electron chi connectivity index (χ1n) is 4.34. The molecule has 1 amide bonds. The zero-order valence-electron chi connectivity index (χ0n) is 7.64. The molecule has 0 aliphatic carbocycles. The summed E-state index contributed by atoms with van der Waals surface area (Å²) in [6, 6.07) is 1.56. The van der Waals surface area contributed by atoms with Crippen molar-refractivity contribution in [3.63, 3.8) is 0 Å². The maximum Gasteiger partial charge on any atom is 0.310 e. The smallest absolute Gasteiger partial charge is 0.310 e. The Morgan fingerprint density at radius 1 is 1.53 bits per heavy atom. The van der Waals surface area contributed by atoms with E-state index in [1.54, 1.807) is 6.07 Å². The van der Waals surface area contributed by atoms with E-state index in [4.69, 9.17) is 9.52 Å². The first-order chi connectivity index (χ1) is 7.09. The summed E-state index contributed by atoms with van der Waals surface area (Å²) in [7, 11) is 0. The van der Waals surface area contributed by atoms with Gasteiger partial charge < -0.3 is 14.4 Å². The van der Waals surface area contributed by atoms with Gasteiger partial charge >= 0.3 is 5.97 Å². The minimum atomic E-state index is -0.856. The highest BCUT2D eigenvalue weighted by atomic mass is 79.9. The van der Waals surface area contributed by atoms with Gasteiger partial charge in [-0.2, -0.15) is 0 Å². The largest absolute Gasteiger partial charge is 0.481 e. The number of furan rings is 1. The Kier molecular flexibility index (Phi) is 2.52. The van der Waals surface area contributed by atoms with Crippen molar-refractivity contribution in [2.45, 2.75) is 0 Å². The molecule has 1 N–H and O–H groups in total. The number of hydrogen-bond acceptors (Lipinski definition) is 3. The fraction of sp³-hybridized carbons (Fsp3) is 0.333. The number of hydrogen-bond donors (Lipinski definition) is 1. The summed E-state index contributed by atoms with van der Waals surface area (Å²) in [6.45, 7) is 0.539. The molecule has 2 rings (SSSR count). The first-order valence-corrected chi connectivity index (χ1v) is 5.14. The lowest BCUT2D eigenvalue weighted by Crippen LogP contribution is -2.53. The lowest BCUT2D eigenvalue weighted by atomic mass is 10.00. The highest BCUT2D eigenvalue weighted by Crippen LogP contribution is 2.24. The molecular weight excluding hydrogens is 266 g/mol. The monoisotopic (exact) mass is 273 g/mol. The molecule has 15 heavy (non-hydrogen) atoms. The molecule has 0 bridgehead atoms. The Hall–Kier alpha value is -1.30. The van der Waals surface area contributed by atoms with Gasteiger partial charge in [-0.15, -0.1) is 0 Å². The normalized spacial score (nSPS) is 16.2. The molecule has 2 heterocycles. The molecule has 1 aliphatic rings. The quantitative estimate of drug-likeness (QED) is 0.879. The first kappa shape index (κ1) is 10.2. The minimum Gasteiger partial charge on any atom is -0.481 e. The molecule has 80 valence electrons. The number of carboxylic acid groups (broad SMARTS) is 1. The van der Waals surface area contributed by atoms with Gasteiger partial charge in [-0.3, -0.25) is 9.59 Å². The van der Waals surface area contributed by atoms with Gasteiger partial charge in [0.1, 0.15) is 0 Å². The van der Waals surface area contributed by atoms with Crippen LogP contribution in [0.2, 0.25) is 0 Å². The van der Waals surface area contributed by atoms with Crippen molar-refractivity contribution in [2.24, 2.45) is 5.92 Å². The Balaban J connectivity index is 2.01. The van der Waals surface area contributed by atoms with Crippen molar-refractivity contribution in [2.75, 3.05) is 13.1 Å². The SMILES string of the molecule is O=C(O)C1CN(C(=O)c2ccoc2Br)C1. The van der Waals surface area contributed by atoms with Crippen molar-refractivity contribution < 1.29 is 19.1 Å². The maximum absolute atomic E-state index is 11.7. The Bertz CT molecular complexity index is 408. The van der Waals surface area contributed by atoms with Crippen LogP contribution in [0.25, 0.3) is 0 Å². The van der Waals surface area contributed by atoms with E-state index in [0.717, 1.165) is 0 Å². The van der Waals surface area contributed by atoms with Crippen molar-refractivity contribution in [3.8, 4) is 0 Å². The summed E-state index contributed by atoms with van der Waals surface area (Å²) in [5.41, 5.74) is 0.429. The van der Waals surface area contributed by atoms with Crippen LogP contribution in [0.5, 0.6) is 0 Å². The second-order valence-electron chi connectivity index (χ2n) is 3.35. The fourth-order valence-electron chi connectivity index (χ4n) is 1.42. The molecule has 1 saturated heterocycles. The predicted molar refractivity (Wildman–Crippen MR) is 53.4 cm³/mol. The molecule has 1 aromatic rings. The van der Waals surface area contributed by atoms with Gasteiger partial charge in [0, 0.05) is 13.1 Å². The van der Waals surface area contributed by atoms with Gasteiger partial charge in [0.2, 0.25) is 0 Å². The lowest BCUT2D eigenvalue weighted by molar-refractivity contribution is -0.146. The van der Waals surface area contributed by atoms with E-state index < -0.39 is 11.9 Å². The van der Waals surface area contributed by atoms with Crippen molar-refractivity contribution >= 4 is 27.8 Å². The van der Waals surface area contributed by atoms with Gasteiger partial charge in [-0.25, -0.2) is 0 Å². The number of nitrogens with zero attached hydrogens (tertiary/aromatic N) is 1. The van der Waals surface area contributed by atoms with E-state index in [2.05, 4.69) is 15.9 Å². The Labute approximate surface area is 93.8 Å². The van der Waals surface area contributed by atoms with Crippen LogP contribution in [0, 0.1) is 5.92 Å². The number of likely N-dealkylation sites (tertiary alicyclic amines) is 1. The second kappa shape index (κ2) is 3.69. The number of carbonyl (C=O) groups is 2. The van der Waals surface area contributed by atoms with Crippen LogP contribution in [-0.2, 0) is 4.79 Å². The lowest BCUT2D eigenvalue weighted by Gasteiger charge is -2.36. The van der Waals surface area contributed by atoms with E-state index in [-0.39, 0.29) is 19.0 Å². The maximum atomic E-state index is 11.7. The van der Waals surface area contributed by atoms with Crippen molar-refractivity contribution in [1.82, 2.24) is 4.90 Å². The molecule has 1 aromatic heterocycles. The third-order valence-electron chi connectivity index (χ3n) is 2.37. The number of aliphatic carboxylic acids is 1. The number of carbonyl (C=O) groups excluding carboxylic acids is 1. The number of rotatable bonds is 2. The predicted octanol–water partition coefficient (Wildman–Crippen LogP) is 1.20. The minimum absolute atomic E-state index is 0.201. The van der Waals surface area contributed by atoms with E-state index in [1.807, 2.05) is 0 Å². The van der Waals surface area contributed by atoms with Gasteiger partial charge in [0.15, 0.2) is 4.67 Å². The molecule has 0 radical (unpaired) electrons. The van der Waals surface area contributed by atoms with Crippen LogP contribution in [-0.4, -0.2) is 35.0 Å². The molecule has 5 nitrogen and oxygen atoms in total. The van der Waals surface area contributed by atoms with Crippen molar-refractivity contribution in [1.29, 1.82) is 0 Å². The number of amides is 1. The molecule has 0 saturated carbocycles. The van der Waals surface area contributed by atoms with Crippen LogP contribution in [0.15, 0.2) is 21.4 Å². The third kappa shape index (κ3) is 1.77. The molecular formula is C9H8BrNO4. The Morgan fingerprint density at radius 3 is 2.67 bits per heavy atom. The van der Waals surface area contributed by atoms with E-state index in [9.17, 15) is 9.59 Å². The average Bonchev–Trinajstić information content (AvgIpc) is 2.47. The number of carboxylic acids is 1. The second-order valence-corrected chi connectivity index (χ2v) is 4.07. The standard InChI is InChI=1S/C9H8BrNO4/c10-7-6(1-2-15-7)8(12)11-3-5(4-11)9(13)14/h1-2,5H,3-4H2,(H,13,14). The van der Waals surface area contributed by atoms with Crippen LogP contribution in [0.4, 0.5) is 0 Å². The van der Waals surface area contributed by atoms with Crippen LogP contribution < -0.4 is 0 Å². The molecule has 1 aliphatic heterocycles. The van der Waals surface area contributed by atoms with Gasteiger partial charge in [0.25, 0.3) is 5.91 Å². The van der Waals surface area contributed by atoms with E-state index >= 15 is 0 Å². The van der Waals surface area contributed by atoms with Crippen LogP contribution in [0.1, 0.15) is 10.4 Å². The summed E-state index contributed by atoms with van der Waals surface area (Å²) in [5.74, 6) is -1.49. The summed E-state index contributed by atoms with van der Waals surface area (Å²) >= 11 is 3.10. The molecule has 0 spiro atoms. The zero-order valence-corrected chi connectivity index (χ0v) is 9.23. The topological polar surface area (TPSA) is 70.8 Å². The summed E-state index contributed by atoms with van der Waals surface area (Å²) < 4.78 is 5.31. The fourth-order valence-corrected chi connectivity index (χ4v) is 1.83. The zero-order chi connectivity index (χ0) is 11.0. The summed E-state index contributed by atoms with van der Waals surface area (Å²) in [4.78, 5) is 23.7. The highest BCUT2D eigenvalue weighted by molar-refractivity contribution is 9.10. The van der Waals surface area contributed by atoms with Gasteiger partial charge in [-0.1, -0.05) is 0 Å². The molecule has 6 heteroatoms. The molecule has 0 unspecified atom stereocenters. The molecule has 0 atom stereocenters. The van der Waals surface area contributed by atoms with Crippen LogP contribution in [0.3, 0.4) is 0 Å². The Morgan fingerprint density at radius 2 is 2.20 bits per heavy atom. The summed E-state index contributed by atoms with van der Waals surface area (Å²) in [6.07, 6.45) is 1.41. The van der Waals surface area contributed by atoms with Crippen LogP contribution >= 0.6 is 15.9 Å².